The lowest BCUT2D eigenvalue weighted by atomic mass is 10.1. The van der Waals surface area contributed by atoms with Crippen molar-refractivity contribution in [1.29, 1.82) is 0 Å². The molecule has 1 aromatic rings. The molecule has 0 radical (unpaired) electrons. The summed E-state index contributed by atoms with van der Waals surface area (Å²) < 4.78 is 1.73. The molecule has 1 saturated carbocycles. The van der Waals surface area contributed by atoms with Gasteiger partial charge in [0.25, 0.3) is 5.56 Å². The normalized spacial score (nSPS) is 15.2. The summed E-state index contributed by atoms with van der Waals surface area (Å²) in [6.45, 7) is 7.58. The van der Waals surface area contributed by atoms with Crippen LogP contribution in [0.1, 0.15) is 39.5 Å². The van der Waals surface area contributed by atoms with Crippen molar-refractivity contribution in [3.8, 4) is 0 Å². The molecule has 0 unspecified atom stereocenters. The van der Waals surface area contributed by atoms with E-state index in [0.717, 1.165) is 31.5 Å². The van der Waals surface area contributed by atoms with Crippen LogP contribution in [0.25, 0.3) is 0 Å². The number of nitrogen functional groups attached to an aromatic ring is 1. The molecule has 0 amide bonds. The van der Waals surface area contributed by atoms with Gasteiger partial charge < -0.3 is 15.2 Å². The fraction of sp³-hybridized carbons (Fsp3) is 0.688. The third kappa shape index (κ3) is 4.67. The summed E-state index contributed by atoms with van der Waals surface area (Å²) >= 11 is 0. The van der Waals surface area contributed by atoms with Crippen LogP contribution in [0.5, 0.6) is 0 Å². The van der Waals surface area contributed by atoms with Crippen LogP contribution in [0.2, 0.25) is 0 Å². The van der Waals surface area contributed by atoms with Gasteiger partial charge >= 0.3 is 0 Å². The highest BCUT2D eigenvalue weighted by Crippen LogP contribution is 2.27. The van der Waals surface area contributed by atoms with Crippen molar-refractivity contribution in [3.63, 3.8) is 0 Å². The molecule has 0 atom stereocenters. The van der Waals surface area contributed by atoms with Crippen molar-refractivity contribution >= 4 is 5.69 Å². The molecule has 4 nitrogen and oxygen atoms in total. The van der Waals surface area contributed by atoms with Gasteiger partial charge in [-0.25, -0.2) is 0 Å². The molecule has 0 aliphatic heterocycles. The minimum Gasteiger partial charge on any atom is -0.398 e. The molecule has 0 spiro atoms. The SMILES string of the molecule is CC(C)CCN(CCCn1cc(N)ccc1=O)C1CC1. The van der Waals surface area contributed by atoms with Gasteiger partial charge in [-0.15, -0.1) is 0 Å². The second-order valence-corrected chi connectivity index (χ2v) is 6.30. The first-order valence-corrected chi connectivity index (χ1v) is 7.76. The molecular weight excluding hydrogens is 250 g/mol. The lowest BCUT2D eigenvalue weighted by Gasteiger charge is -2.23. The minimum absolute atomic E-state index is 0.0411. The van der Waals surface area contributed by atoms with Gasteiger partial charge in [0, 0.05) is 37.1 Å². The van der Waals surface area contributed by atoms with Gasteiger partial charge in [0.05, 0.1) is 0 Å². The maximum Gasteiger partial charge on any atom is 0.250 e. The van der Waals surface area contributed by atoms with Crippen LogP contribution in [0.4, 0.5) is 5.69 Å². The molecule has 0 saturated heterocycles. The molecule has 0 bridgehead atoms. The Bertz CT molecular complexity index is 477. The van der Waals surface area contributed by atoms with Crippen LogP contribution in [-0.2, 0) is 6.54 Å². The van der Waals surface area contributed by atoms with Crippen LogP contribution in [0, 0.1) is 5.92 Å². The Morgan fingerprint density at radius 1 is 1.35 bits per heavy atom. The highest BCUT2D eigenvalue weighted by Gasteiger charge is 2.28. The maximum absolute atomic E-state index is 11.7. The summed E-state index contributed by atoms with van der Waals surface area (Å²) in [5.74, 6) is 0.757. The fourth-order valence-corrected chi connectivity index (χ4v) is 2.51. The van der Waals surface area contributed by atoms with Crippen LogP contribution in [0.3, 0.4) is 0 Å². The van der Waals surface area contributed by atoms with Crippen molar-refractivity contribution in [1.82, 2.24) is 9.47 Å². The van der Waals surface area contributed by atoms with E-state index in [1.165, 1.54) is 25.8 Å². The van der Waals surface area contributed by atoms with Gasteiger partial charge in [-0.2, -0.15) is 0 Å². The van der Waals surface area contributed by atoms with Gasteiger partial charge in [0.1, 0.15) is 0 Å². The predicted octanol–water partition coefficient (Wildman–Crippen LogP) is 2.33. The first kappa shape index (κ1) is 15.1. The van der Waals surface area contributed by atoms with E-state index < -0.39 is 0 Å². The molecule has 20 heavy (non-hydrogen) atoms. The number of nitrogens with two attached hydrogens (primary N) is 1. The smallest absolute Gasteiger partial charge is 0.250 e. The second kappa shape index (κ2) is 6.93. The second-order valence-electron chi connectivity index (χ2n) is 6.30. The molecule has 0 aromatic carbocycles. The van der Waals surface area contributed by atoms with Crippen molar-refractivity contribution in [3.05, 3.63) is 28.7 Å². The predicted molar refractivity (Wildman–Crippen MR) is 83.8 cm³/mol. The Labute approximate surface area is 121 Å². The number of aromatic nitrogens is 1. The van der Waals surface area contributed by atoms with Gasteiger partial charge in [-0.3, -0.25) is 4.79 Å². The van der Waals surface area contributed by atoms with E-state index >= 15 is 0 Å². The highest BCUT2D eigenvalue weighted by molar-refractivity contribution is 5.33. The molecule has 4 heteroatoms. The lowest BCUT2D eigenvalue weighted by molar-refractivity contribution is 0.240. The number of hydrogen-bond acceptors (Lipinski definition) is 3. The lowest BCUT2D eigenvalue weighted by Crippen LogP contribution is -2.30. The third-order valence-corrected chi connectivity index (χ3v) is 3.91. The first-order valence-electron chi connectivity index (χ1n) is 7.76. The number of hydrogen-bond donors (Lipinski definition) is 1. The van der Waals surface area contributed by atoms with Gasteiger partial charge in [-0.05, 0) is 44.2 Å². The van der Waals surface area contributed by atoms with E-state index in [1.54, 1.807) is 22.9 Å². The molecule has 112 valence electrons. The monoisotopic (exact) mass is 277 g/mol. The quantitative estimate of drug-likeness (QED) is 0.793. The standard InChI is InChI=1S/C16H27N3O/c1-13(2)8-11-18(15-5-6-15)9-3-10-19-12-14(17)4-7-16(19)20/h4,7,12-13,15H,3,5-6,8-11,17H2,1-2H3. The van der Waals surface area contributed by atoms with E-state index in [-0.39, 0.29) is 5.56 Å². The maximum atomic E-state index is 11.7. The Morgan fingerprint density at radius 3 is 2.75 bits per heavy atom. The van der Waals surface area contributed by atoms with E-state index in [9.17, 15) is 4.79 Å². The Morgan fingerprint density at radius 2 is 2.10 bits per heavy atom. The summed E-state index contributed by atoms with van der Waals surface area (Å²) in [6.07, 6.45) is 6.71. The van der Waals surface area contributed by atoms with Crippen molar-refractivity contribution in [2.75, 3.05) is 18.8 Å². The third-order valence-electron chi connectivity index (χ3n) is 3.91. The molecule has 1 aliphatic carbocycles. The Kier molecular flexibility index (Phi) is 5.24. The van der Waals surface area contributed by atoms with Crippen molar-refractivity contribution in [2.24, 2.45) is 5.92 Å². The molecule has 1 fully saturated rings. The van der Waals surface area contributed by atoms with Crippen molar-refractivity contribution in [2.45, 2.75) is 52.1 Å². The summed E-state index contributed by atoms with van der Waals surface area (Å²) in [5, 5.41) is 0. The van der Waals surface area contributed by atoms with Gasteiger partial charge in [0.15, 0.2) is 0 Å². The minimum atomic E-state index is 0.0411. The van der Waals surface area contributed by atoms with Crippen LogP contribution in [-0.4, -0.2) is 28.6 Å². The summed E-state index contributed by atoms with van der Waals surface area (Å²) in [7, 11) is 0. The van der Waals surface area contributed by atoms with Gasteiger partial charge in [0.2, 0.25) is 0 Å². The number of rotatable bonds is 8. The van der Waals surface area contributed by atoms with Crippen LogP contribution >= 0.6 is 0 Å². The van der Waals surface area contributed by atoms with Crippen LogP contribution < -0.4 is 11.3 Å². The molecule has 1 heterocycles. The van der Waals surface area contributed by atoms with E-state index in [1.807, 2.05) is 0 Å². The van der Waals surface area contributed by atoms with E-state index in [4.69, 9.17) is 5.73 Å². The average Bonchev–Trinajstić information content (AvgIpc) is 3.21. The molecule has 1 aliphatic rings. The molecule has 2 N–H and O–H groups in total. The molecular formula is C16H27N3O. The number of pyridine rings is 1. The number of nitrogens with zero attached hydrogens (tertiary/aromatic N) is 2. The summed E-state index contributed by atoms with van der Waals surface area (Å²) in [5.41, 5.74) is 6.43. The van der Waals surface area contributed by atoms with E-state index in [2.05, 4.69) is 18.7 Å². The average molecular weight is 277 g/mol. The Hall–Kier alpha value is -1.29. The zero-order valence-electron chi connectivity index (χ0n) is 12.7. The van der Waals surface area contributed by atoms with Gasteiger partial charge in [-0.1, -0.05) is 13.8 Å². The largest absolute Gasteiger partial charge is 0.398 e. The highest BCUT2D eigenvalue weighted by atomic mass is 16.1. The summed E-state index contributed by atoms with van der Waals surface area (Å²) in [4.78, 5) is 14.3. The van der Waals surface area contributed by atoms with Crippen LogP contribution in [0.15, 0.2) is 23.1 Å². The molecule has 2 rings (SSSR count). The molecule has 1 aromatic heterocycles. The van der Waals surface area contributed by atoms with E-state index in [0.29, 0.717) is 5.69 Å². The first-order chi connectivity index (χ1) is 9.56. The fourth-order valence-electron chi connectivity index (χ4n) is 2.51. The Balaban J connectivity index is 1.80. The summed E-state index contributed by atoms with van der Waals surface area (Å²) in [6, 6.07) is 4.01. The zero-order chi connectivity index (χ0) is 14.5. The zero-order valence-corrected chi connectivity index (χ0v) is 12.7. The number of aryl methyl sites for hydroxylation is 1. The van der Waals surface area contributed by atoms with Crippen molar-refractivity contribution < 1.29 is 0 Å². The number of anilines is 1. The topological polar surface area (TPSA) is 51.3 Å².